The van der Waals surface area contributed by atoms with E-state index in [-0.39, 0.29) is 0 Å². The molecule has 1 fully saturated rings. The van der Waals surface area contributed by atoms with Crippen LogP contribution in [-0.2, 0) is 4.74 Å². The summed E-state index contributed by atoms with van der Waals surface area (Å²) in [7, 11) is 1.71. The van der Waals surface area contributed by atoms with E-state index >= 15 is 0 Å². The molecule has 0 spiro atoms. The SMILES string of the molecule is COc1ccccc1C(CN)C1CCCOC1. The van der Waals surface area contributed by atoms with Crippen molar-refractivity contribution in [2.75, 3.05) is 26.9 Å². The molecule has 1 aromatic carbocycles. The van der Waals surface area contributed by atoms with E-state index in [4.69, 9.17) is 15.2 Å². The molecule has 0 aromatic heterocycles. The number of para-hydroxylation sites is 1. The normalized spacial score (nSPS) is 22.1. The summed E-state index contributed by atoms with van der Waals surface area (Å²) in [6, 6.07) is 8.16. The van der Waals surface area contributed by atoms with Gasteiger partial charge in [0.15, 0.2) is 0 Å². The van der Waals surface area contributed by atoms with Crippen molar-refractivity contribution in [1.29, 1.82) is 0 Å². The average molecular weight is 235 g/mol. The standard InChI is InChI=1S/C14H21NO2/c1-16-14-7-3-2-6-12(14)13(9-15)11-5-4-8-17-10-11/h2-3,6-7,11,13H,4-5,8-10,15H2,1H3. The highest BCUT2D eigenvalue weighted by Gasteiger charge is 2.26. The molecule has 1 aliphatic rings. The van der Waals surface area contributed by atoms with E-state index in [1.807, 2.05) is 18.2 Å². The highest BCUT2D eigenvalue weighted by molar-refractivity contribution is 5.37. The topological polar surface area (TPSA) is 44.5 Å². The van der Waals surface area contributed by atoms with E-state index in [1.54, 1.807) is 7.11 Å². The average Bonchev–Trinajstić information content (AvgIpc) is 2.41. The molecule has 3 nitrogen and oxygen atoms in total. The van der Waals surface area contributed by atoms with E-state index < -0.39 is 0 Å². The van der Waals surface area contributed by atoms with Gasteiger partial charge in [0.05, 0.1) is 13.7 Å². The second-order valence-corrected chi connectivity index (χ2v) is 4.56. The zero-order valence-corrected chi connectivity index (χ0v) is 10.4. The van der Waals surface area contributed by atoms with Gasteiger partial charge in [-0.2, -0.15) is 0 Å². The Kier molecular flexibility index (Phi) is 4.40. The second kappa shape index (κ2) is 6.03. The summed E-state index contributed by atoms with van der Waals surface area (Å²) < 4.78 is 11.0. The molecule has 2 unspecified atom stereocenters. The molecule has 3 heteroatoms. The van der Waals surface area contributed by atoms with Gasteiger partial charge in [-0.05, 0) is 36.9 Å². The van der Waals surface area contributed by atoms with Gasteiger partial charge >= 0.3 is 0 Å². The first kappa shape index (κ1) is 12.4. The summed E-state index contributed by atoms with van der Waals surface area (Å²) in [6.07, 6.45) is 2.33. The lowest BCUT2D eigenvalue weighted by atomic mass is 9.82. The van der Waals surface area contributed by atoms with Crippen LogP contribution in [0.15, 0.2) is 24.3 Å². The van der Waals surface area contributed by atoms with E-state index in [0.717, 1.165) is 25.4 Å². The summed E-state index contributed by atoms with van der Waals surface area (Å²) in [6.45, 7) is 2.36. The Morgan fingerprint density at radius 3 is 2.94 bits per heavy atom. The Bertz CT molecular complexity index is 348. The number of rotatable bonds is 4. The number of ether oxygens (including phenoxy) is 2. The van der Waals surface area contributed by atoms with Crippen LogP contribution in [0.1, 0.15) is 24.3 Å². The molecular weight excluding hydrogens is 214 g/mol. The quantitative estimate of drug-likeness (QED) is 0.869. The Morgan fingerprint density at radius 1 is 1.47 bits per heavy atom. The van der Waals surface area contributed by atoms with Crippen molar-refractivity contribution in [1.82, 2.24) is 0 Å². The molecule has 1 aromatic rings. The van der Waals surface area contributed by atoms with Crippen LogP contribution in [-0.4, -0.2) is 26.9 Å². The zero-order chi connectivity index (χ0) is 12.1. The molecule has 0 aliphatic carbocycles. The largest absolute Gasteiger partial charge is 0.496 e. The van der Waals surface area contributed by atoms with E-state index in [0.29, 0.717) is 18.4 Å². The van der Waals surface area contributed by atoms with E-state index in [2.05, 4.69) is 6.07 Å². The Labute approximate surface area is 103 Å². The van der Waals surface area contributed by atoms with Gasteiger partial charge in [-0.3, -0.25) is 0 Å². The number of methoxy groups -OCH3 is 1. The highest BCUT2D eigenvalue weighted by atomic mass is 16.5. The summed E-state index contributed by atoms with van der Waals surface area (Å²) in [5.74, 6) is 1.80. The Hall–Kier alpha value is -1.06. The molecule has 0 amide bonds. The van der Waals surface area contributed by atoms with Crippen LogP contribution in [0.5, 0.6) is 5.75 Å². The minimum Gasteiger partial charge on any atom is -0.496 e. The summed E-state index contributed by atoms with van der Waals surface area (Å²) in [5.41, 5.74) is 7.16. The number of benzene rings is 1. The molecule has 1 saturated heterocycles. The monoisotopic (exact) mass is 235 g/mol. The van der Waals surface area contributed by atoms with Crippen LogP contribution in [0.25, 0.3) is 0 Å². The van der Waals surface area contributed by atoms with Crippen molar-refractivity contribution in [2.45, 2.75) is 18.8 Å². The zero-order valence-electron chi connectivity index (χ0n) is 10.4. The predicted molar refractivity (Wildman–Crippen MR) is 68.3 cm³/mol. The van der Waals surface area contributed by atoms with Gasteiger partial charge in [-0.1, -0.05) is 18.2 Å². The fourth-order valence-corrected chi connectivity index (χ4v) is 2.63. The first-order valence-electron chi connectivity index (χ1n) is 6.27. The minimum atomic E-state index is 0.339. The third-order valence-corrected chi connectivity index (χ3v) is 3.56. The summed E-state index contributed by atoms with van der Waals surface area (Å²) in [4.78, 5) is 0. The van der Waals surface area contributed by atoms with Gasteiger partial charge in [0.25, 0.3) is 0 Å². The third-order valence-electron chi connectivity index (χ3n) is 3.56. The van der Waals surface area contributed by atoms with Crippen molar-refractivity contribution in [3.8, 4) is 5.75 Å². The van der Waals surface area contributed by atoms with E-state index in [1.165, 1.54) is 12.0 Å². The third kappa shape index (κ3) is 2.79. The molecule has 0 bridgehead atoms. The van der Waals surface area contributed by atoms with Crippen LogP contribution < -0.4 is 10.5 Å². The minimum absolute atomic E-state index is 0.339. The summed E-state index contributed by atoms with van der Waals surface area (Å²) in [5, 5.41) is 0. The lowest BCUT2D eigenvalue weighted by Crippen LogP contribution is -2.28. The van der Waals surface area contributed by atoms with Gasteiger partial charge in [0.2, 0.25) is 0 Å². The predicted octanol–water partition coefficient (Wildman–Crippen LogP) is 2.16. The molecule has 2 atom stereocenters. The Morgan fingerprint density at radius 2 is 2.29 bits per heavy atom. The molecular formula is C14H21NO2. The molecule has 94 valence electrons. The van der Waals surface area contributed by atoms with E-state index in [9.17, 15) is 0 Å². The molecule has 1 aliphatic heterocycles. The van der Waals surface area contributed by atoms with Gasteiger partial charge in [-0.25, -0.2) is 0 Å². The second-order valence-electron chi connectivity index (χ2n) is 4.56. The smallest absolute Gasteiger partial charge is 0.122 e. The van der Waals surface area contributed by atoms with Crippen molar-refractivity contribution < 1.29 is 9.47 Å². The first-order chi connectivity index (χ1) is 8.36. The summed E-state index contributed by atoms with van der Waals surface area (Å²) >= 11 is 0. The van der Waals surface area contributed by atoms with Gasteiger partial charge in [0, 0.05) is 12.5 Å². The van der Waals surface area contributed by atoms with Crippen molar-refractivity contribution in [3.63, 3.8) is 0 Å². The molecule has 2 rings (SSSR count). The maximum Gasteiger partial charge on any atom is 0.122 e. The number of hydrogen-bond donors (Lipinski definition) is 1. The lowest BCUT2D eigenvalue weighted by Gasteiger charge is -2.30. The van der Waals surface area contributed by atoms with Crippen molar-refractivity contribution in [3.05, 3.63) is 29.8 Å². The fraction of sp³-hybridized carbons (Fsp3) is 0.571. The fourth-order valence-electron chi connectivity index (χ4n) is 2.63. The molecule has 1 heterocycles. The van der Waals surface area contributed by atoms with Crippen LogP contribution >= 0.6 is 0 Å². The lowest BCUT2D eigenvalue weighted by molar-refractivity contribution is 0.0447. The van der Waals surface area contributed by atoms with Gasteiger partial charge in [0.1, 0.15) is 5.75 Å². The first-order valence-corrected chi connectivity index (χ1v) is 6.27. The number of hydrogen-bond acceptors (Lipinski definition) is 3. The molecule has 0 saturated carbocycles. The van der Waals surface area contributed by atoms with Crippen LogP contribution in [0, 0.1) is 5.92 Å². The van der Waals surface area contributed by atoms with Crippen LogP contribution in [0.4, 0.5) is 0 Å². The van der Waals surface area contributed by atoms with Gasteiger partial charge < -0.3 is 15.2 Å². The number of nitrogens with two attached hydrogens (primary N) is 1. The van der Waals surface area contributed by atoms with Gasteiger partial charge in [-0.15, -0.1) is 0 Å². The maximum atomic E-state index is 5.95. The van der Waals surface area contributed by atoms with Crippen LogP contribution in [0.3, 0.4) is 0 Å². The van der Waals surface area contributed by atoms with Crippen LogP contribution in [0.2, 0.25) is 0 Å². The maximum absolute atomic E-state index is 5.95. The van der Waals surface area contributed by atoms with Crippen molar-refractivity contribution in [2.24, 2.45) is 11.7 Å². The van der Waals surface area contributed by atoms with Crippen molar-refractivity contribution >= 4 is 0 Å². The highest BCUT2D eigenvalue weighted by Crippen LogP contribution is 2.34. The molecule has 2 N–H and O–H groups in total. The molecule has 0 radical (unpaired) electrons. The molecule has 17 heavy (non-hydrogen) atoms. The Balaban J connectivity index is 2.21.